The first-order valence-electron chi connectivity index (χ1n) is 7.95. The number of benzene rings is 1. The van der Waals surface area contributed by atoms with Crippen molar-refractivity contribution in [3.63, 3.8) is 0 Å². The molecule has 0 saturated carbocycles. The third kappa shape index (κ3) is 4.42. The Labute approximate surface area is 127 Å². The molecule has 118 valence electrons. The van der Waals surface area contributed by atoms with Crippen LogP contribution in [-0.2, 0) is 11.3 Å². The van der Waals surface area contributed by atoms with Gasteiger partial charge in [0, 0.05) is 18.8 Å². The van der Waals surface area contributed by atoms with Gasteiger partial charge in [0.1, 0.15) is 5.82 Å². The summed E-state index contributed by atoms with van der Waals surface area (Å²) in [6.45, 7) is 10.5. The van der Waals surface area contributed by atoms with Crippen LogP contribution in [0.1, 0.15) is 32.8 Å². The minimum absolute atomic E-state index is 0.165. The number of hydrogen-bond donors (Lipinski definition) is 1. The molecule has 1 aromatic rings. The van der Waals surface area contributed by atoms with Crippen LogP contribution in [0.4, 0.5) is 10.1 Å². The fraction of sp³-hybridized carbons (Fsp3) is 0.647. The Morgan fingerprint density at radius 1 is 1.43 bits per heavy atom. The predicted octanol–water partition coefficient (Wildman–Crippen LogP) is 3.19. The smallest absolute Gasteiger partial charge is 0.123 e. The van der Waals surface area contributed by atoms with E-state index in [4.69, 9.17) is 4.74 Å². The van der Waals surface area contributed by atoms with Crippen molar-refractivity contribution in [3.8, 4) is 0 Å². The lowest BCUT2D eigenvalue weighted by Crippen LogP contribution is -2.45. The van der Waals surface area contributed by atoms with E-state index < -0.39 is 0 Å². The number of anilines is 1. The lowest BCUT2D eigenvalue weighted by atomic mass is 10.1. The zero-order valence-corrected chi connectivity index (χ0v) is 13.4. The normalized spacial score (nSPS) is 19.3. The van der Waals surface area contributed by atoms with Crippen molar-refractivity contribution in [3.05, 3.63) is 29.6 Å². The molecule has 1 unspecified atom stereocenters. The van der Waals surface area contributed by atoms with Gasteiger partial charge in [-0.15, -0.1) is 0 Å². The average molecular weight is 294 g/mol. The Bertz CT molecular complexity index is 450. The molecule has 3 nitrogen and oxygen atoms in total. The van der Waals surface area contributed by atoms with Crippen molar-refractivity contribution in [2.75, 3.05) is 31.2 Å². The second-order valence-electron chi connectivity index (χ2n) is 6.13. The molecule has 1 atom stereocenters. The molecule has 4 heteroatoms. The Balaban J connectivity index is 2.16. The monoisotopic (exact) mass is 294 g/mol. The second kappa shape index (κ2) is 7.76. The van der Waals surface area contributed by atoms with Crippen LogP contribution < -0.4 is 10.2 Å². The van der Waals surface area contributed by atoms with E-state index in [1.165, 1.54) is 0 Å². The molecule has 0 aliphatic carbocycles. The van der Waals surface area contributed by atoms with Gasteiger partial charge in [0.05, 0.1) is 19.3 Å². The summed E-state index contributed by atoms with van der Waals surface area (Å²) < 4.78 is 19.2. The van der Waals surface area contributed by atoms with Crippen molar-refractivity contribution in [2.45, 2.75) is 39.8 Å². The third-order valence-electron chi connectivity index (χ3n) is 3.92. The van der Waals surface area contributed by atoms with Crippen molar-refractivity contribution in [2.24, 2.45) is 5.92 Å². The van der Waals surface area contributed by atoms with E-state index in [2.05, 4.69) is 31.0 Å². The molecule has 0 amide bonds. The van der Waals surface area contributed by atoms with Crippen LogP contribution >= 0.6 is 0 Å². The van der Waals surface area contributed by atoms with Gasteiger partial charge in [0.25, 0.3) is 0 Å². The van der Waals surface area contributed by atoms with E-state index in [9.17, 15) is 4.39 Å². The Morgan fingerprint density at radius 3 is 2.95 bits per heavy atom. The van der Waals surface area contributed by atoms with Gasteiger partial charge in [-0.25, -0.2) is 4.39 Å². The molecule has 1 saturated heterocycles. The van der Waals surface area contributed by atoms with Gasteiger partial charge >= 0.3 is 0 Å². The van der Waals surface area contributed by atoms with Crippen molar-refractivity contribution < 1.29 is 9.13 Å². The van der Waals surface area contributed by atoms with Crippen LogP contribution in [0.3, 0.4) is 0 Å². The number of nitrogens with zero attached hydrogens (tertiary/aromatic N) is 1. The number of rotatable bonds is 6. The van der Waals surface area contributed by atoms with Crippen molar-refractivity contribution in [1.82, 2.24) is 5.32 Å². The summed E-state index contributed by atoms with van der Waals surface area (Å²) >= 11 is 0. The Kier molecular flexibility index (Phi) is 6.00. The lowest BCUT2D eigenvalue weighted by molar-refractivity contribution is 0.0929. The van der Waals surface area contributed by atoms with Crippen LogP contribution in [0.25, 0.3) is 0 Å². The summed E-state index contributed by atoms with van der Waals surface area (Å²) in [6.07, 6.45) is 1.04. The van der Waals surface area contributed by atoms with E-state index in [1.54, 1.807) is 12.1 Å². The fourth-order valence-electron chi connectivity index (χ4n) is 2.78. The van der Waals surface area contributed by atoms with Gasteiger partial charge in [-0.3, -0.25) is 0 Å². The van der Waals surface area contributed by atoms with E-state index in [0.29, 0.717) is 18.5 Å². The molecule has 2 rings (SSSR count). The number of hydrogen-bond acceptors (Lipinski definition) is 3. The van der Waals surface area contributed by atoms with Crippen LogP contribution in [0, 0.1) is 11.7 Å². The minimum atomic E-state index is -0.165. The predicted molar refractivity (Wildman–Crippen MR) is 85.2 cm³/mol. The molecule has 1 heterocycles. The SMILES string of the molecule is CCC1COCCN1c1ccc(F)cc1CNCC(C)C. The quantitative estimate of drug-likeness (QED) is 0.872. The summed E-state index contributed by atoms with van der Waals surface area (Å²) in [4.78, 5) is 2.37. The largest absolute Gasteiger partial charge is 0.377 e. The molecule has 1 fully saturated rings. The van der Waals surface area contributed by atoms with E-state index in [0.717, 1.165) is 44.0 Å². The van der Waals surface area contributed by atoms with Gasteiger partial charge < -0.3 is 15.0 Å². The van der Waals surface area contributed by atoms with E-state index in [-0.39, 0.29) is 5.82 Å². The van der Waals surface area contributed by atoms with Gasteiger partial charge in [-0.1, -0.05) is 20.8 Å². The van der Waals surface area contributed by atoms with Gasteiger partial charge in [0.2, 0.25) is 0 Å². The Hall–Kier alpha value is -1.13. The van der Waals surface area contributed by atoms with Gasteiger partial charge in [-0.2, -0.15) is 0 Å². The highest BCUT2D eigenvalue weighted by Crippen LogP contribution is 2.26. The zero-order chi connectivity index (χ0) is 15.2. The first-order chi connectivity index (χ1) is 10.1. The molecule has 1 aromatic carbocycles. The van der Waals surface area contributed by atoms with Crippen LogP contribution in [0.15, 0.2) is 18.2 Å². The fourth-order valence-corrected chi connectivity index (χ4v) is 2.78. The van der Waals surface area contributed by atoms with Gasteiger partial charge in [-0.05, 0) is 42.6 Å². The molecule has 1 aliphatic rings. The highest BCUT2D eigenvalue weighted by Gasteiger charge is 2.23. The maximum absolute atomic E-state index is 13.6. The summed E-state index contributed by atoms with van der Waals surface area (Å²) in [5.74, 6) is 0.426. The van der Waals surface area contributed by atoms with Crippen LogP contribution in [-0.4, -0.2) is 32.3 Å². The number of halogens is 1. The average Bonchev–Trinajstić information content (AvgIpc) is 2.47. The summed E-state index contributed by atoms with van der Waals surface area (Å²) in [7, 11) is 0. The van der Waals surface area contributed by atoms with Crippen LogP contribution in [0.2, 0.25) is 0 Å². The molecule has 0 spiro atoms. The lowest BCUT2D eigenvalue weighted by Gasteiger charge is -2.38. The third-order valence-corrected chi connectivity index (χ3v) is 3.92. The molecule has 21 heavy (non-hydrogen) atoms. The zero-order valence-electron chi connectivity index (χ0n) is 13.4. The number of ether oxygens (including phenoxy) is 1. The highest BCUT2D eigenvalue weighted by molar-refractivity contribution is 5.55. The number of nitrogens with one attached hydrogen (secondary N) is 1. The molecule has 0 radical (unpaired) electrons. The van der Waals surface area contributed by atoms with Crippen molar-refractivity contribution >= 4 is 5.69 Å². The van der Waals surface area contributed by atoms with Crippen LogP contribution in [0.5, 0.6) is 0 Å². The first kappa shape index (κ1) is 16.2. The number of morpholine rings is 1. The van der Waals surface area contributed by atoms with Crippen molar-refractivity contribution in [1.29, 1.82) is 0 Å². The van der Waals surface area contributed by atoms with E-state index in [1.807, 2.05) is 6.07 Å². The summed E-state index contributed by atoms with van der Waals surface area (Å²) in [5.41, 5.74) is 2.18. The highest BCUT2D eigenvalue weighted by atomic mass is 19.1. The first-order valence-corrected chi connectivity index (χ1v) is 7.95. The summed E-state index contributed by atoms with van der Waals surface area (Å²) in [5, 5.41) is 3.42. The standard InChI is InChI=1S/C17H27FN2O/c1-4-16-12-21-8-7-20(16)17-6-5-15(18)9-14(17)11-19-10-13(2)3/h5-6,9,13,16,19H,4,7-8,10-12H2,1-3H3. The maximum atomic E-state index is 13.6. The second-order valence-corrected chi connectivity index (χ2v) is 6.13. The molecule has 0 bridgehead atoms. The minimum Gasteiger partial charge on any atom is -0.377 e. The molecule has 1 aliphatic heterocycles. The summed E-state index contributed by atoms with van der Waals surface area (Å²) in [6, 6.07) is 5.51. The topological polar surface area (TPSA) is 24.5 Å². The molecular formula is C17H27FN2O. The van der Waals surface area contributed by atoms with Gasteiger partial charge in [0.15, 0.2) is 0 Å². The molecule has 0 aromatic heterocycles. The molecular weight excluding hydrogens is 267 g/mol. The maximum Gasteiger partial charge on any atom is 0.123 e. The van der Waals surface area contributed by atoms with E-state index >= 15 is 0 Å². The molecule has 1 N–H and O–H groups in total. The Morgan fingerprint density at radius 2 is 2.24 bits per heavy atom.